The Hall–Kier alpha value is -1.85. The molecule has 1 rings (SSSR count). The zero-order valence-corrected chi connectivity index (χ0v) is 12.2. The fourth-order valence-electron chi connectivity index (χ4n) is 1.87. The summed E-state index contributed by atoms with van der Waals surface area (Å²) < 4.78 is 0. The third-order valence-corrected chi connectivity index (χ3v) is 2.76. The van der Waals surface area contributed by atoms with Crippen LogP contribution in [0, 0.1) is 16.0 Å². The molecule has 0 radical (unpaired) electrons. The van der Waals surface area contributed by atoms with Gasteiger partial charge in [-0.1, -0.05) is 13.8 Å². The van der Waals surface area contributed by atoms with Crippen molar-refractivity contribution in [3.8, 4) is 0 Å². The normalized spacial score (nSPS) is 10.9. The number of pyridine rings is 1. The second kappa shape index (κ2) is 6.36. The van der Waals surface area contributed by atoms with Crippen LogP contribution in [0.1, 0.15) is 27.7 Å². The molecule has 0 fully saturated rings. The lowest BCUT2D eigenvalue weighted by atomic mass is 10.1. The summed E-state index contributed by atoms with van der Waals surface area (Å²) in [4.78, 5) is 17.1. The highest BCUT2D eigenvalue weighted by Gasteiger charge is 2.24. The lowest BCUT2D eigenvalue weighted by Crippen LogP contribution is -2.35. The van der Waals surface area contributed by atoms with Crippen molar-refractivity contribution in [2.45, 2.75) is 33.7 Å². The molecule has 1 aromatic rings. The lowest BCUT2D eigenvalue weighted by molar-refractivity contribution is -0.384. The van der Waals surface area contributed by atoms with Crippen molar-refractivity contribution < 1.29 is 4.92 Å². The molecule has 0 spiro atoms. The molecule has 0 amide bonds. The van der Waals surface area contributed by atoms with E-state index in [1.807, 2.05) is 18.7 Å². The van der Waals surface area contributed by atoms with E-state index in [9.17, 15) is 10.1 Å². The maximum absolute atomic E-state index is 11.2. The fraction of sp³-hybridized carbons (Fsp3) is 0.615. The molecule has 0 saturated heterocycles. The molecular weight excluding hydrogens is 244 g/mol. The zero-order valence-electron chi connectivity index (χ0n) is 12.2. The number of hydrogen-bond acceptors (Lipinski definition) is 5. The minimum atomic E-state index is -0.377. The minimum absolute atomic E-state index is 0.0494. The predicted octanol–water partition coefficient (Wildman–Crippen LogP) is 2.90. The molecule has 1 heterocycles. The third-order valence-electron chi connectivity index (χ3n) is 2.76. The van der Waals surface area contributed by atoms with Gasteiger partial charge in [-0.2, -0.15) is 0 Å². The molecule has 1 N–H and O–H groups in total. The van der Waals surface area contributed by atoms with Crippen LogP contribution in [0.25, 0.3) is 0 Å². The fourth-order valence-corrected chi connectivity index (χ4v) is 1.87. The monoisotopic (exact) mass is 266 g/mol. The summed E-state index contributed by atoms with van der Waals surface area (Å²) in [7, 11) is 1.75. The molecule has 106 valence electrons. The van der Waals surface area contributed by atoms with Gasteiger partial charge in [-0.05, 0) is 25.8 Å². The summed E-state index contributed by atoms with van der Waals surface area (Å²) in [6, 6.07) is 3.28. The van der Waals surface area contributed by atoms with Crippen molar-refractivity contribution in [2.75, 3.05) is 23.8 Å². The summed E-state index contributed by atoms with van der Waals surface area (Å²) in [5, 5.41) is 14.1. The standard InChI is InChI=1S/C13H22N4O2/c1-9(2)8-16(10(3)4)13-11(17(18)19)6-7-12(14-5)15-13/h6-7,9-10H,8H2,1-5H3,(H,14,15). The lowest BCUT2D eigenvalue weighted by Gasteiger charge is -2.29. The highest BCUT2D eigenvalue weighted by atomic mass is 16.6. The maximum atomic E-state index is 11.2. The van der Waals surface area contributed by atoms with E-state index in [1.54, 1.807) is 13.1 Å². The Bertz CT molecular complexity index is 446. The first kappa shape index (κ1) is 15.2. The molecule has 0 aliphatic heterocycles. The summed E-state index contributed by atoms with van der Waals surface area (Å²) in [5.74, 6) is 1.47. The molecule has 0 aliphatic carbocycles. The van der Waals surface area contributed by atoms with E-state index in [0.29, 0.717) is 17.6 Å². The van der Waals surface area contributed by atoms with E-state index in [2.05, 4.69) is 24.1 Å². The van der Waals surface area contributed by atoms with Crippen LogP contribution in [-0.4, -0.2) is 29.5 Å². The topological polar surface area (TPSA) is 71.3 Å². The van der Waals surface area contributed by atoms with E-state index >= 15 is 0 Å². The SMILES string of the molecule is CNc1ccc([N+](=O)[O-])c(N(CC(C)C)C(C)C)n1. The van der Waals surface area contributed by atoms with Crippen LogP contribution in [-0.2, 0) is 0 Å². The second-order valence-electron chi connectivity index (χ2n) is 5.19. The van der Waals surface area contributed by atoms with E-state index < -0.39 is 0 Å². The number of anilines is 2. The van der Waals surface area contributed by atoms with Crippen LogP contribution in [0.4, 0.5) is 17.3 Å². The van der Waals surface area contributed by atoms with Crippen LogP contribution >= 0.6 is 0 Å². The number of rotatable bonds is 6. The Labute approximate surface area is 114 Å². The first-order valence-electron chi connectivity index (χ1n) is 6.46. The Balaban J connectivity index is 3.28. The number of hydrogen-bond donors (Lipinski definition) is 1. The molecule has 6 heteroatoms. The Morgan fingerprint density at radius 2 is 2.00 bits per heavy atom. The van der Waals surface area contributed by atoms with Gasteiger partial charge in [0.25, 0.3) is 0 Å². The van der Waals surface area contributed by atoms with E-state index in [4.69, 9.17) is 0 Å². The van der Waals surface area contributed by atoms with Gasteiger partial charge in [-0.3, -0.25) is 10.1 Å². The largest absolute Gasteiger partial charge is 0.373 e. The number of nitrogens with one attached hydrogen (secondary N) is 1. The summed E-state index contributed by atoms with van der Waals surface area (Å²) in [6.07, 6.45) is 0. The van der Waals surface area contributed by atoms with Crippen LogP contribution < -0.4 is 10.2 Å². The highest BCUT2D eigenvalue weighted by molar-refractivity contribution is 5.62. The molecule has 19 heavy (non-hydrogen) atoms. The quantitative estimate of drug-likeness (QED) is 0.633. The van der Waals surface area contributed by atoms with Gasteiger partial charge in [-0.25, -0.2) is 4.98 Å². The van der Waals surface area contributed by atoms with Gasteiger partial charge in [0.05, 0.1) is 4.92 Å². The molecule has 0 unspecified atom stereocenters. The molecule has 0 saturated carbocycles. The molecule has 0 aromatic carbocycles. The zero-order chi connectivity index (χ0) is 14.6. The van der Waals surface area contributed by atoms with E-state index in [0.717, 1.165) is 6.54 Å². The predicted molar refractivity (Wildman–Crippen MR) is 77.8 cm³/mol. The van der Waals surface area contributed by atoms with Gasteiger partial charge in [0.1, 0.15) is 5.82 Å². The Morgan fingerprint density at radius 1 is 1.37 bits per heavy atom. The second-order valence-corrected chi connectivity index (χ2v) is 5.19. The number of aromatic nitrogens is 1. The average Bonchev–Trinajstić information content (AvgIpc) is 2.34. The molecular formula is C13H22N4O2. The van der Waals surface area contributed by atoms with Gasteiger partial charge in [-0.15, -0.1) is 0 Å². The van der Waals surface area contributed by atoms with Crippen LogP contribution in [0.3, 0.4) is 0 Å². The van der Waals surface area contributed by atoms with Gasteiger partial charge in [0.2, 0.25) is 5.82 Å². The van der Waals surface area contributed by atoms with E-state index in [1.165, 1.54) is 6.07 Å². The van der Waals surface area contributed by atoms with Crippen molar-refractivity contribution >= 4 is 17.3 Å². The summed E-state index contributed by atoms with van der Waals surface area (Å²) in [5.41, 5.74) is 0.0494. The smallest absolute Gasteiger partial charge is 0.311 e. The van der Waals surface area contributed by atoms with Crippen molar-refractivity contribution in [3.63, 3.8) is 0 Å². The molecule has 0 aliphatic rings. The first-order valence-corrected chi connectivity index (χ1v) is 6.46. The van der Waals surface area contributed by atoms with Crippen LogP contribution in [0.2, 0.25) is 0 Å². The molecule has 0 atom stereocenters. The summed E-state index contributed by atoms with van der Waals surface area (Å²) in [6.45, 7) is 8.94. The van der Waals surface area contributed by atoms with Gasteiger partial charge in [0, 0.05) is 25.7 Å². The van der Waals surface area contributed by atoms with E-state index in [-0.39, 0.29) is 16.7 Å². The van der Waals surface area contributed by atoms with Crippen molar-refractivity contribution in [3.05, 3.63) is 22.2 Å². The molecule has 1 aromatic heterocycles. The van der Waals surface area contributed by atoms with Crippen molar-refractivity contribution in [1.29, 1.82) is 0 Å². The summed E-state index contributed by atoms with van der Waals surface area (Å²) >= 11 is 0. The van der Waals surface area contributed by atoms with Crippen LogP contribution in [0.5, 0.6) is 0 Å². The number of nitro groups is 1. The third kappa shape index (κ3) is 3.81. The van der Waals surface area contributed by atoms with Gasteiger partial charge in [0.15, 0.2) is 0 Å². The average molecular weight is 266 g/mol. The van der Waals surface area contributed by atoms with Crippen LogP contribution in [0.15, 0.2) is 12.1 Å². The van der Waals surface area contributed by atoms with Gasteiger partial charge < -0.3 is 10.2 Å². The molecule has 0 bridgehead atoms. The highest BCUT2D eigenvalue weighted by Crippen LogP contribution is 2.29. The minimum Gasteiger partial charge on any atom is -0.373 e. The maximum Gasteiger partial charge on any atom is 0.311 e. The van der Waals surface area contributed by atoms with Gasteiger partial charge >= 0.3 is 5.69 Å². The Kier molecular flexibility index (Phi) is 5.09. The van der Waals surface area contributed by atoms with Crippen molar-refractivity contribution in [1.82, 2.24) is 4.98 Å². The Morgan fingerprint density at radius 3 is 2.42 bits per heavy atom. The van der Waals surface area contributed by atoms with Crippen molar-refractivity contribution in [2.24, 2.45) is 5.92 Å². The first-order chi connectivity index (χ1) is 8.86. The number of nitrogens with zero attached hydrogens (tertiary/aromatic N) is 3. The molecule has 6 nitrogen and oxygen atoms in total.